The minimum atomic E-state index is 0.258. The number of hydrogen-bond acceptors (Lipinski definition) is 4. The lowest BCUT2D eigenvalue weighted by atomic mass is 9.82. The van der Waals surface area contributed by atoms with E-state index in [0.29, 0.717) is 35.5 Å². The molecule has 2 aliphatic rings. The van der Waals surface area contributed by atoms with Gasteiger partial charge in [-0.1, -0.05) is 239 Å². The summed E-state index contributed by atoms with van der Waals surface area (Å²) in [6.45, 7) is 18.2. The van der Waals surface area contributed by atoms with E-state index in [4.69, 9.17) is 4.42 Å². The molecule has 2 fully saturated rings. The van der Waals surface area contributed by atoms with Crippen LogP contribution in [0.2, 0.25) is 0 Å². The van der Waals surface area contributed by atoms with Crippen molar-refractivity contribution < 1.29 is 9.52 Å². The molecule has 0 bridgehead atoms. The van der Waals surface area contributed by atoms with Gasteiger partial charge < -0.3 is 19.3 Å². The van der Waals surface area contributed by atoms with Gasteiger partial charge in [0.2, 0.25) is 0 Å². The normalized spacial score (nSPS) is 14.2. The SMILES string of the molecule is CC(C)c1ccc(N(c2cccc(-c3cccc(-c4ccccc4C(C)C)c3)c2O)c2cc(C3CCCC3)c3ccc4c(N(c5ccc(C(C)C)cc5)c5cccc6c5oc5c(-c7ccccc7C(C)C)cccc56)cc(C5CCCC5)c5ccc2c3c54)cc1. The largest absolute Gasteiger partial charge is 0.505 e. The number of aromatic hydroxyl groups is 1. The standard InChI is InChI=1S/C86H82N2O2/c1-52(2)56-37-41-62(42-38-56)87(78-35-19-31-67(84(78)89)61-26-17-25-60(49-61)66-29-15-13-27-64(66)54(5)6)80-50-76(58-21-9-10-22-58)69-46-48-75-81(51-77(59-23-11-12-24-59)70-45-47-74(80)82(69)83(70)75)88(63-43-39-57(40-44-63)53(3)4)79-36-20-34-73-72-33-18-32-71(85(72)90-86(73)79)68-30-16-14-28-65(68)55(7)8/h13-20,25-55,58-59,89H,9-12,21-24H2,1-8H3. The molecular formula is C86H82N2O2. The molecule has 0 radical (unpaired) electrons. The minimum absolute atomic E-state index is 0.258. The number of nitrogens with zero attached hydrogens (tertiary/aromatic N) is 2. The second kappa shape index (κ2) is 23.4. The molecule has 0 aliphatic heterocycles. The number of furan rings is 1. The highest BCUT2D eigenvalue weighted by molar-refractivity contribution is 6.30. The molecule has 1 heterocycles. The Morgan fingerprint density at radius 2 is 0.767 bits per heavy atom. The van der Waals surface area contributed by atoms with Gasteiger partial charge in [0, 0.05) is 44.0 Å². The zero-order valence-corrected chi connectivity index (χ0v) is 53.6. The molecule has 448 valence electrons. The van der Waals surface area contributed by atoms with Crippen LogP contribution < -0.4 is 9.80 Å². The van der Waals surface area contributed by atoms with E-state index in [0.717, 1.165) is 104 Å². The molecule has 0 saturated heterocycles. The topological polar surface area (TPSA) is 39.9 Å². The number of phenolic OH excluding ortho intramolecular Hbond substituents is 1. The van der Waals surface area contributed by atoms with Crippen molar-refractivity contribution in [3.63, 3.8) is 0 Å². The molecule has 90 heavy (non-hydrogen) atoms. The van der Waals surface area contributed by atoms with Crippen LogP contribution >= 0.6 is 0 Å². The number of hydrogen-bond donors (Lipinski definition) is 1. The Labute approximate surface area is 531 Å². The van der Waals surface area contributed by atoms with Crippen molar-refractivity contribution in [1.29, 1.82) is 0 Å². The Balaban J connectivity index is 1.01. The predicted octanol–water partition coefficient (Wildman–Crippen LogP) is 25.9. The molecule has 0 atom stereocenters. The molecular weight excluding hydrogens is 1090 g/mol. The summed E-state index contributed by atoms with van der Waals surface area (Å²) in [6, 6.07) is 79.6. The average Bonchev–Trinajstić information content (AvgIpc) is 0.929. The van der Waals surface area contributed by atoms with Crippen LogP contribution in [0.5, 0.6) is 5.75 Å². The number of benzene rings is 12. The highest BCUT2D eigenvalue weighted by Gasteiger charge is 2.32. The van der Waals surface area contributed by atoms with Gasteiger partial charge in [0.1, 0.15) is 11.3 Å². The van der Waals surface area contributed by atoms with E-state index in [1.807, 2.05) is 0 Å². The first kappa shape index (κ1) is 57.3. The highest BCUT2D eigenvalue weighted by Crippen LogP contribution is 2.56. The number of para-hydroxylation sites is 3. The first-order chi connectivity index (χ1) is 43.9. The van der Waals surface area contributed by atoms with E-state index in [-0.39, 0.29) is 5.75 Å². The van der Waals surface area contributed by atoms with Crippen molar-refractivity contribution in [2.45, 2.75) is 142 Å². The lowest BCUT2D eigenvalue weighted by Crippen LogP contribution is -2.14. The van der Waals surface area contributed by atoms with Gasteiger partial charge in [0.05, 0.1) is 22.7 Å². The molecule has 0 unspecified atom stereocenters. The maximum Gasteiger partial charge on any atom is 0.159 e. The van der Waals surface area contributed by atoms with Gasteiger partial charge in [-0.2, -0.15) is 0 Å². The van der Waals surface area contributed by atoms with Gasteiger partial charge in [-0.15, -0.1) is 0 Å². The number of anilines is 6. The third-order valence-electron chi connectivity index (χ3n) is 20.6. The van der Waals surface area contributed by atoms with Crippen molar-refractivity contribution in [3.8, 4) is 39.1 Å². The predicted molar refractivity (Wildman–Crippen MR) is 384 cm³/mol. The smallest absolute Gasteiger partial charge is 0.159 e. The van der Waals surface area contributed by atoms with Crippen LogP contribution in [0.4, 0.5) is 34.1 Å². The molecule has 15 rings (SSSR count). The van der Waals surface area contributed by atoms with Crippen molar-refractivity contribution >= 4 is 88.4 Å². The summed E-state index contributed by atoms with van der Waals surface area (Å²) in [5, 5.41) is 23.2. The second-order valence-electron chi connectivity index (χ2n) is 27.3. The van der Waals surface area contributed by atoms with E-state index in [9.17, 15) is 5.11 Å². The van der Waals surface area contributed by atoms with Gasteiger partial charge in [0.15, 0.2) is 5.58 Å². The highest BCUT2D eigenvalue weighted by atomic mass is 16.3. The average molecular weight is 1180 g/mol. The van der Waals surface area contributed by atoms with Gasteiger partial charge in [-0.05, 0) is 193 Å². The maximum atomic E-state index is 13.3. The summed E-state index contributed by atoms with van der Waals surface area (Å²) in [7, 11) is 0. The van der Waals surface area contributed by atoms with Crippen molar-refractivity contribution in [3.05, 3.63) is 246 Å². The quantitative estimate of drug-likeness (QED) is 0.104. The Morgan fingerprint density at radius 3 is 1.31 bits per heavy atom. The molecule has 4 nitrogen and oxygen atoms in total. The summed E-state index contributed by atoms with van der Waals surface area (Å²) >= 11 is 0. The van der Waals surface area contributed by atoms with E-state index >= 15 is 0 Å². The summed E-state index contributed by atoms with van der Waals surface area (Å²) in [6.07, 6.45) is 9.49. The summed E-state index contributed by atoms with van der Waals surface area (Å²) < 4.78 is 7.48. The summed E-state index contributed by atoms with van der Waals surface area (Å²) in [5.41, 5.74) is 22.4. The lowest BCUT2D eigenvalue weighted by molar-refractivity contribution is 0.478. The molecule has 13 aromatic rings. The molecule has 4 heteroatoms. The zero-order chi connectivity index (χ0) is 61.5. The molecule has 1 N–H and O–H groups in total. The Morgan fingerprint density at radius 1 is 0.344 bits per heavy atom. The van der Waals surface area contributed by atoms with Crippen LogP contribution in [0.15, 0.2) is 217 Å². The van der Waals surface area contributed by atoms with Crippen molar-refractivity contribution in [2.24, 2.45) is 0 Å². The molecule has 0 spiro atoms. The first-order valence-corrected chi connectivity index (χ1v) is 33.5. The van der Waals surface area contributed by atoms with Gasteiger partial charge >= 0.3 is 0 Å². The monoisotopic (exact) mass is 1170 g/mol. The Kier molecular flexibility index (Phi) is 14.9. The third kappa shape index (κ3) is 9.81. The molecule has 2 aliphatic carbocycles. The zero-order valence-electron chi connectivity index (χ0n) is 53.6. The van der Waals surface area contributed by atoms with E-state index in [1.165, 1.54) is 103 Å². The number of fused-ring (bicyclic) bond motifs is 3. The second-order valence-corrected chi connectivity index (χ2v) is 27.3. The van der Waals surface area contributed by atoms with Crippen LogP contribution in [0.25, 0.3) is 87.6 Å². The summed E-state index contributed by atoms with van der Waals surface area (Å²) in [4.78, 5) is 4.94. The fraction of sp³-hybridized carbons (Fsp3) is 0.256. The van der Waals surface area contributed by atoms with E-state index in [1.54, 1.807) is 0 Å². The van der Waals surface area contributed by atoms with Crippen LogP contribution in [0.3, 0.4) is 0 Å². The van der Waals surface area contributed by atoms with Crippen molar-refractivity contribution in [2.75, 3.05) is 9.80 Å². The summed E-state index contributed by atoms with van der Waals surface area (Å²) in [5.74, 6) is 2.51. The fourth-order valence-corrected chi connectivity index (χ4v) is 15.9. The van der Waals surface area contributed by atoms with Gasteiger partial charge in [-0.25, -0.2) is 0 Å². The molecule has 2 saturated carbocycles. The Hall–Kier alpha value is -9.12. The fourth-order valence-electron chi connectivity index (χ4n) is 15.9. The van der Waals surface area contributed by atoms with Crippen LogP contribution in [0, 0.1) is 0 Å². The maximum absolute atomic E-state index is 13.3. The first-order valence-electron chi connectivity index (χ1n) is 33.5. The van der Waals surface area contributed by atoms with Crippen LogP contribution in [0.1, 0.15) is 176 Å². The number of phenols is 1. The van der Waals surface area contributed by atoms with Crippen LogP contribution in [-0.2, 0) is 0 Å². The van der Waals surface area contributed by atoms with Gasteiger partial charge in [-0.3, -0.25) is 0 Å². The number of rotatable bonds is 15. The molecule has 1 aromatic heterocycles. The van der Waals surface area contributed by atoms with E-state index < -0.39 is 0 Å². The van der Waals surface area contributed by atoms with E-state index in [2.05, 4.69) is 278 Å². The lowest BCUT2D eigenvalue weighted by Gasteiger charge is -2.32. The molecule has 12 aromatic carbocycles. The van der Waals surface area contributed by atoms with Crippen LogP contribution in [-0.4, -0.2) is 5.11 Å². The molecule has 0 amide bonds. The third-order valence-corrected chi connectivity index (χ3v) is 20.6. The van der Waals surface area contributed by atoms with Gasteiger partial charge in [0.25, 0.3) is 0 Å². The van der Waals surface area contributed by atoms with Crippen molar-refractivity contribution in [1.82, 2.24) is 0 Å². The minimum Gasteiger partial charge on any atom is -0.505 e. The Bertz CT molecular complexity index is 4820.